The maximum Gasteiger partial charge on any atom is 0.274 e. The minimum atomic E-state index is -0.187. The lowest BCUT2D eigenvalue weighted by Gasteiger charge is -2.14. The zero-order valence-electron chi connectivity index (χ0n) is 14.3. The zero-order valence-corrected chi connectivity index (χ0v) is 14.3. The molecule has 0 spiro atoms. The quantitative estimate of drug-likeness (QED) is 0.815. The summed E-state index contributed by atoms with van der Waals surface area (Å²) >= 11 is 0. The average Bonchev–Trinajstić information content (AvgIpc) is 2.55. The fraction of sp³-hybridized carbons (Fsp3) is 0.368. The van der Waals surface area contributed by atoms with Gasteiger partial charge in [0, 0.05) is 11.7 Å². The topological polar surface area (TPSA) is 54.0 Å². The molecule has 0 aliphatic carbocycles. The summed E-state index contributed by atoms with van der Waals surface area (Å²) in [6.07, 6.45) is 2.74. The molecule has 2 aromatic rings. The Morgan fingerprint density at radius 2 is 1.87 bits per heavy atom. The Balaban J connectivity index is 2.09. The molecule has 122 valence electrons. The van der Waals surface area contributed by atoms with Crippen LogP contribution in [-0.2, 0) is 0 Å². The van der Waals surface area contributed by atoms with E-state index in [9.17, 15) is 4.79 Å². The lowest BCUT2D eigenvalue weighted by molar-refractivity contribution is 0.102. The number of hydrogen-bond donors (Lipinski definition) is 2. The molecule has 1 atom stereocenters. The van der Waals surface area contributed by atoms with Crippen molar-refractivity contribution >= 4 is 17.3 Å². The van der Waals surface area contributed by atoms with E-state index in [1.807, 2.05) is 30.3 Å². The van der Waals surface area contributed by atoms with Crippen LogP contribution in [0.1, 0.15) is 56.1 Å². The highest BCUT2D eigenvalue weighted by Gasteiger charge is 2.12. The molecule has 0 saturated carbocycles. The smallest absolute Gasteiger partial charge is 0.274 e. The van der Waals surface area contributed by atoms with Gasteiger partial charge in [-0.25, -0.2) is 4.98 Å². The van der Waals surface area contributed by atoms with Gasteiger partial charge in [-0.3, -0.25) is 4.79 Å². The highest BCUT2D eigenvalue weighted by molar-refractivity contribution is 6.03. The van der Waals surface area contributed by atoms with Gasteiger partial charge in [0.25, 0.3) is 5.91 Å². The third kappa shape index (κ3) is 4.55. The van der Waals surface area contributed by atoms with E-state index in [0.29, 0.717) is 17.7 Å². The van der Waals surface area contributed by atoms with Crippen molar-refractivity contribution in [1.29, 1.82) is 0 Å². The normalized spacial score (nSPS) is 12.0. The number of nitrogens with one attached hydrogen (secondary N) is 2. The molecule has 0 aliphatic rings. The summed E-state index contributed by atoms with van der Waals surface area (Å²) in [5.74, 6) is 0.162. The summed E-state index contributed by atoms with van der Waals surface area (Å²) in [5.41, 5.74) is 3.31. The number of para-hydroxylation sites is 1. The summed E-state index contributed by atoms with van der Waals surface area (Å²) in [4.78, 5) is 16.6. The third-order valence-corrected chi connectivity index (χ3v) is 3.85. The van der Waals surface area contributed by atoms with Crippen molar-refractivity contribution in [2.24, 2.45) is 0 Å². The number of rotatable bonds is 6. The van der Waals surface area contributed by atoms with Gasteiger partial charge in [0.1, 0.15) is 5.69 Å². The Morgan fingerprint density at radius 3 is 2.48 bits per heavy atom. The molecular formula is C19H25N3O. The number of anilines is 2. The SMILES string of the molecule is CCC(C)Nc1ccc(C(=O)Nc2ccccc2C(C)C)nc1. The Labute approximate surface area is 138 Å². The van der Waals surface area contributed by atoms with Crippen molar-refractivity contribution in [2.45, 2.75) is 46.1 Å². The number of carbonyl (C=O) groups excluding carboxylic acids is 1. The van der Waals surface area contributed by atoms with Crippen LogP contribution in [0.2, 0.25) is 0 Å². The molecule has 1 aromatic carbocycles. The second-order valence-corrected chi connectivity index (χ2v) is 6.08. The molecule has 4 nitrogen and oxygen atoms in total. The Kier molecular flexibility index (Phi) is 5.74. The molecule has 0 fully saturated rings. The zero-order chi connectivity index (χ0) is 16.8. The van der Waals surface area contributed by atoms with E-state index in [4.69, 9.17) is 0 Å². The molecule has 1 amide bonds. The van der Waals surface area contributed by atoms with Crippen LogP contribution < -0.4 is 10.6 Å². The van der Waals surface area contributed by atoms with Crippen LogP contribution in [-0.4, -0.2) is 16.9 Å². The monoisotopic (exact) mass is 311 g/mol. The lowest BCUT2D eigenvalue weighted by Crippen LogP contribution is -2.16. The van der Waals surface area contributed by atoms with Crippen LogP contribution in [0.5, 0.6) is 0 Å². The summed E-state index contributed by atoms with van der Waals surface area (Å²) in [5, 5.41) is 6.29. The molecule has 0 bridgehead atoms. The first-order chi connectivity index (χ1) is 11.0. The van der Waals surface area contributed by atoms with Gasteiger partial charge in [0.05, 0.1) is 11.9 Å². The number of amides is 1. The summed E-state index contributed by atoms with van der Waals surface area (Å²) in [6, 6.07) is 11.9. The predicted octanol–water partition coefficient (Wildman–Crippen LogP) is 4.67. The van der Waals surface area contributed by atoms with Crippen LogP contribution in [0.25, 0.3) is 0 Å². The predicted molar refractivity (Wildman–Crippen MR) is 96.1 cm³/mol. The molecule has 1 heterocycles. The molecule has 2 N–H and O–H groups in total. The fourth-order valence-corrected chi connectivity index (χ4v) is 2.30. The molecule has 2 rings (SSSR count). The van der Waals surface area contributed by atoms with Gasteiger partial charge in [-0.05, 0) is 43.0 Å². The van der Waals surface area contributed by atoms with Crippen LogP contribution in [0.15, 0.2) is 42.6 Å². The molecule has 0 aliphatic heterocycles. The average molecular weight is 311 g/mol. The van der Waals surface area contributed by atoms with Crippen molar-refractivity contribution in [2.75, 3.05) is 10.6 Å². The van der Waals surface area contributed by atoms with E-state index < -0.39 is 0 Å². The standard InChI is InChI=1S/C19H25N3O/c1-5-14(4)21-15-10-11-18(20-12-15)19(23)22-17-9-7-6-8-16(17)13(2)3/h6-14,21H,5H2,1-4H3,(H,22,23). The van der Waals surface area contributed by atoms with Gasteiger partial charge in [0.2, 0.25) is 0 Å². The number of carbonyl (C=O) groups is 1. The molecule has 4 heteroatoms. The van der Waals surface area contributed by atoms with E-state index >= 15 is 0 Å². The summed E-state index contributed by atoms with van der Waals surface area (Å²) < 4.78 is 0. The molecule has 1 unspecified atom stereocenters. The first-order valence-corrected chi connectivity index (χ1v) is 8.14. The number of benzene rings is 1. The molecule has 0 radical (unpaired) electrons. The van der Waals surface area contributed by atoms with Crippen LogP contribution in [0.4, 0.5) is 11.4 Å². The Hall–Kier alpha value is -2.36. The van der Waals surface area contributed by atoms with Crippen molar-refractivity contribution in [3.05, 3.63) is 53.9 Å². The molecule has 0 saturated heterocycles. The Morgan fingerprint density at radius 1 is 1.13 bits per heavy atom. The minimum Gasteiger partial charge on any atom is -0.381 e. The number of pyridine rings is 1. The fourth-order valence-electron chi connectivity index (χ4n) is 2.30. The van der Waals surface area contributed by atoms with Gasteiger partial charge < -0.3 is 10.6 Å². The van der Waals surface area contributed by atoms with Gasteiger partial charge in [-0.2, -0.15) is 0 Å². The van der Waals surface area contributed by atoms with E-state index in [-0.39, 0.29) is 5.91 Å². The van der Waals surface area contributed by atoms with Crippen LogP contribution >= 0.6 is 0 Å². The van der Waals surface area contributed by atoms with E-state index in [0.717, 1.165) is 23.4 Å². The number of hydrogen-bond acceptors (Lipinski definition) is 3. The van der Waals surface area contributed by atoms with Crippen LogP contribution in [0.3, 0.4) is 0 Å². The van der Waals surface area contributed by atoms with Gasteiger partial charge in [-0.1, -0.05) is 39.0 Å². The van der Waals surface area contributed by atoms with Crippen molar-refractivity contribution in [3.63, 3.8) is 0 Å². The number of nitrogens with zero attached hydrogens (tertiary/aromatic N) is 1. The van der Waals surface area contributed by atoms with E-state index in [1.165, 1.54) is 0 Å². The first-order valence-electron chi connectivity index (χ1n) is 8.14. The Bertz CT molecular complexity index is 650. The van der Waals surface area contributed by atoms with Crippen LogP contribution in [0, 0.1) is 0 Å². The lowest BCUT2D eigenvalue weighted by atomic mass is 10.0. The second-order valence-electron chi connectivity index (χ2n) is 6.08. The first kappa shape index (κ1) is 17.0. The van der Waals surface area contributed by atoms with E-state index in [1.54, 1.807) is 12.3 Å². The highest BCUT2D eigenvalue weighted by atomic mass is 16.1. The summed E-state index contributed by atoms with van der Waals surface area (Å²) in [6.45, 7) is 8.46. The third-order valence-electron chi connectivity index (χ3n) is 3.85. The largest absolute Gasteiger partial charge is 0.381 e. The maximum atomic E-state index is 12.4. The van der Waals surface area contributed by atoms with Gasteiger partial charge in [0.15, 0.2) is 0 Å². The van der Waals surface area contributed by atoms with Crippen molar-refractivity contribution < 1.29 is 4.79 Å². The van der Waals surface area contributed by atoms with Gasteiger partial charge in [-0.15, -0.1) is 0 Å². The minimum absolute atomic E-state index is 0.187. The van der Waals surface area contributed by atoms with Gasteiger partial charge >= 0.3 is 0 Å². The number of aromatic nitrogens is 1. The maximum absolute atomic E-state index is 12.4. The highest BCUT2D eigenvalue weighted by Crippen LogP contribution is 2.24. The van der Waals surface area contributed by atoms with Crippen molar-refractivity contribution in [1.82, 2.24) is 4.98 Å². The summed E-state index contributed by atoms with van der Waals surface area (Å²) in [7, 11) is 0. The van der Waals surface area contributed by atoms with E-state index in [2.05, 4.69) is 43.3 Å². The van der Waals surface area contributed by atoms with Crippen molar-refractivity contribution in [3.8, 4) is 0 Å². The molecular weight excluding hydrogens is 286 g/mol. The second kappa shape index (κ2) is 7.77. The molecule has 1 aromatic heterocycles. The molecule has 23 heavy (non-hydrogen) atoms.